The number of piperidine rings is 1. The lowest BCUT2D eigenvalue weighted by Gasteiger charge is -2.33. The molecular formula is C23H27F3IN5. The van der Waals surface area contributed by atoms with Crippen molar-refractivity contribution >= 4 is 29.9 Å². The number of nitrogens with zero attached hydrogens (tertiary/aromatic N) is 3. The summed E-state index contributed by atoms with van der Waals surface area (Å²) in [7, 11) is 1.72. The van der Waals surface area contributed by atoms with Crippen LogP contribution in [0.25, 0.3) is 0 Å². The van der Waals surface area contributed by atoms with E-state index in [1.165, 1.54) is 12.1 Å². The molecule has 172 valence electrons. The van der Waals surface area contributed by atoms with Crippen molar-refractivity contribution in [3.05, 3.63) is 70.8 Å². The second kappa shape index (κ2) is 12.1. The number of benzene rings is 2. The zero-order valence-electron chi connectivity index (χ0n) is 17.8. The summed E-state index contributed by atoms with van der Waals surface area (Å²) in [5, 5.41) is 15.6. The SMILES string of the molecule is CN=C(NCc1ccc(C#N)cc1)NC1CCN(Cc2cccc(C(F)(F)F)c2)CC1.I. The Morgan fingerprint density at radius 3 is 2.41 bits per heavy atom. The number of hydrogen-bond acceptors (Lipinski definition) is 3. The number of nitriles is 1. The average Bonchev–Trinajstić information content (AvgIpc) is 2.78. The lowest BCUT2D eigenvalue weighted by atomic mass is 10.0. The van der Waals surface area contributed by atoms with Gasteiger partial charge in [-0.25, -0.2) is 0 Å². The molecule has 0 aliphatic carbocycles. The molecule has 0 bridgehead atoms. The van der Waals surface area contributed by atoms with E-state index in [4.69, 9.17) is 5.26 Å². The van der Waals surface area contributed by atoms with Gasteiger partial charge >= 0.3 is 6.18 Å². The van der Waals surface area contributed by atoms with Crippen LogP contribution in [0, 0.1) is 11.3 Å². The van der Waals surface area contributed by atoms with E-state index in [1.54, 1.807) is 25.2 Å². The maximum Gasteiger partial charge on any atom is 0.416 e. The summed E-state index contributed by atoms with van der Waals surface area (Å²) in [4.78, 5) is 6.45. The minimum Gasteiger partial charge on any atom is -0.354 e. The van der Waals surface area contributed by atoms with E-state index in [1.807, 2.05) is 12.1 Å². The van der Waals surface area contributed by atoms with Crippen molar-refractivity contribution in [1.29, 1.82) is 5.26 Å². The number of nitrogens with one attached hydrogen (secondary N) is 2. The second-order valence-corrected chi connectivity index (χ2v) is 7.63. The van der Waals surface area contributed by atoms with Gasteiger partial charge in [0.2, 0.25) is 0 Å². The number of likely N-dealkylation sites (tertiary alicyclic amines) is 1. The molecule has 0 amide bonds. The Hall–Kier alpha value is -2.32. The van der Waals surface area contributed by atoms with Crippen molar-refractivity contribution in [3.8, 4) is 6.07 Å². The minimum atomic E-state index is -4.31. The van der Waals surface area contributed by atoms with E-state index < -0.39 is 11.7 Å². The largest absolute Gasteiger partial charge is 0.416 e. The highest BCUT2D eigenvalue weighted by atomic mass is 127. The minimum absolute atomic E-state index is 0. The van der Waals surface area contributed by atoms with Gasteiger partial charge in [-0.05, 0) is 42.2 Å². The number of rotatable bonds is 5. The van der Waals surface area contributed by atoms with Gasteiger partial charge in [0.25, 0.3) is 0 Å². The first-order valence-corrected chi connectivity index (χ1v) is 10.2. The second-order valence-electron chi connectivity index (χ2n) is 7.63. The van der Waals surface area contributed by atoms with Gasteiger partial charge in [-0.3, -0.25) is 9.89 Å². The first-order valence-electron chi connectivity index (χ1n) is 10.2. The average molecular weight is 557 g/mol. The summed E-state index contributed by atoms with van der Waals surface area (Å²) < 4.78 is 38.7. The fourth-order valence-corrected chi connectivity index (χ4v) is 3.61. The van der Waals surface area contributed by atoms with Crippen LogP contribution in [-0.2, 0) is 19.3 Å². The Labute approximate surface area is 203 Å². The highest BCUT2D eigenvalue weighted by molar-refractivity contribution is 14.0. The van der Waals surface area contributed by atoms with Crippen LogP contribution in [0.15, 0.2) is 53.5 Å². The van der Waals surface area contributed by atoms with E-state index >= 15 is 0 Å². The Balaban J connectivity index is 0.00000363. The Morgan fingerprint density at radius 2 is 1.81 bits per heavy atom. The lowest BCUT2D eigenvalue weighted by molar-refractivity contribution is -0.137. The van der Waals surface area contributed by atoms with Crippen LogP contribution in [0.1, 0.15) is 35.1 Å². The first-order chi connectivity index (χ1) is 14.9. The number of aliphatic imine (C=N–C) groups is 1. The van der Waals surface area contributed by atoms with Gasteiger partial charge in [0.1, 0.15) is 0 Å². The van der Waals surface area contributed by atoms with Gasteiger partial charge in [0.05, 0.1) is 17.2 Å². The van der Waals surface area contributed by atoms with E-state index in [-0.39, 0.29) is 30.0 Å². The molecule has 0 saturated carbocycles. The van der Waals surface area contributed by atoms with Crippen molar-refractivity contribution in [2.24, 2.45) is 4.99 Å². The molecular weight excluding hydrogens is 530 g/mol. The first kappa shape index (κ1) is 25.9. The van der Waals surface area contributed by atoms with Gasteiger partial charge in [0.15, 0.2) is 5.96 Å². The van der Waals surface area contributed by atoms with E-state index in [0.29, 0.717) is 30.2 Å². The molecule has 0 atom stereocenters. The molecule has 0 aromatic heterocycles. The molecule has 0 spiro atoms. The van der Waals surface area contributed by atoms with Crippen molar-refractivity contribution in [2.75, 3.05) is 20.1 Å². The van der Waals surface area contributed by atoms with Crippen molar-refractivity contribution in [2.45, 2.75) is 38.1 Å². The number of halogens is 4. The molecule has 2 aromatic rings. The third-order valence-electron chi connectivity index (χ3n) is 5.36. The van der Waals surface area contributed by atoms with Gasteiger partial charge in [-0.2, -0.15) is 18.4 Å². The molecule has 1 heterocycles. The number of guanidine groups is 1. The molecule has 32 heavy (non-hydrogen) atoms. The quantitative estimate of drug-likeness (QED) is 0.323. The summed E-state index contributed by atoms with van der Waals surface area (Å²) >= 11 is 0. The van der Waals surface area contributed by atoms with Crippen molar-refractivity contribution in [1.82, 2.24) is 15.5 Å². The van der Waals surface area contributed by atoms with Gasteiger partial charge in [-0.1, -0.05) is 30.3 Å². The number of alkyl halides is 3. The van der Waals surface area contributed by atoms with Crippen LogP contribution in [0.2, 0.25) is 0 Å². The molecule has 3 rings (SSSR count). The van der Waals surface area contributed by atoms with E-state index in [2.05, 4.69) is 26.6 Å². The van der Waals surface area contributed by atoms with E-state index in [9.17, 15) is 13.2 Å². The van der Waals surface area contributed by atoms with Gasteiger partial charge < -0.3 is 10.6 Å². The summed E-state index contributed by atoms with van der Waals surface area (Å²) in [6.45, 7) is 2.73. The predicted molar refractivity (Wildman–Crippen MR) is 130 cm³/mol. The molecule has 1 aliphatic rings. The standard InChI is InChI=1S/C23H26F3N5.HI/c1-28-22(29-15-18-7-5-17(14-27)6-8-18)30-21-9-11-31(12-10-21)16-19-3-2-4-20(13-19)23(24,25)26;/h2-8,13,21H,9-12,15-16H2,1H3,(H2,28,29,30);1H. The Bertz CT molecular complexity index is 930. The van der Waals surface area contributed by atoms with Crippen LogP contribution in [0.3, 0.4) is 0 Å². The summed E-state index contributed by atoms with van der Waals surface area (Å²) in [6, 6.07) is 15.3. The predicted octanol–water partition coefficient (Wildman–Crippen LogP) is 4.52. The Kier molecular flexibility index (Phi) is 9.78. The Morgan fingerprint density at radius 1 is 1.12 bits per heavy atom. The third kappa shape index (κ3) is 7.67. The molecule has 0 radical (unpaired) electrons. The molecule has 0 unspecified atom stereocenters. The number of hydrogen-bond donors (Lipinski definition) is 2. The van der Waals surface area contributed by atoms with Crippen LogP contribution in [0.4, 0.5) is 13.2 Å². The van der Waals surface area contributed by atoms with E-state index in [0.717, 1.165) is 37.6 Å². The fraction of sp³-hybridized carbons (Fsp3) is 0.391. The zero-order valence-corrected chi connectivity index (χ0v) is 20.2. The molecule has 1 saturated heterocycles. The van der Waals surface area contributed by atoms with Crippen LogP contribution >= 0.6 is 24.0 Å². The highest BCUT2D eigenvalue weighted by Gasteiger charge is 2.30. The lowest BCUT2D eigenvalue weighted by Crippen LogP contribution is -2.48. The molecule has 5 nitrogen and oxygen atoms in total. The van der Waals surface area contributed by atoms with Crippen LogP contribution in [-0.4, -0.2) is 37.0 Å². The molecule has 2 aromatic carbocycles. The monoisotopic (exact) mass is 557 g/mol. The maximum absolute atomic E-state index is 12.9. The normalized spacial score (nSPS) is 15.5. The van der Waals surface area contributed by atoms with Crippen molar-refractivity contribution < 1.29 is 13.2 Å². The van der Waals surface area contributed by atoms with Gasteiger partial charge in [-0.15, -0.1) is 24.0 Å². The summed E-state index contributed by atoms with van der Waals surface area (Å²) in [6.07, 6.45) is -2.54. The summed E-state index contributed by atoms with van der Waals surface area (Å²) in [5.74, 6) is 0.709. The van der Waals surface area contributed by atoms with Crippen LogP contribution in [0.5, 0.6) is 0 Å². The molecule has 1 aliphatic heterocycles. The topological polar surface area (TPSA) is 63.5 Å². The molecule has 9 heteroatoms. The highest BCUT2D eigenvalue weighted by Crippen LogP contribution is 2.30. The molecule has 2 N–H and O–H groups in total. The van der Waals surface area contributed by atoms with Crippen LogP contribution < -0.4 is 10.6 Å². The summed E-state index contributed by atoms with van der Waals surface area (Å²) in [5.41, 5.74) is 1.76. The van der Waals surface area contributed by atoms with Crippen molar-refractivity contribution in [3.63, 3.8) is 0 Å². The zero-order chi connectivity index (χ0) is 22.3. The smallest absolute Gasteiger partial charge is 0.354 e. The maximum atomic E-state index is 12.9. The molecule has 1 fully saturated rings. The van der Waals surface area contributed by atoms with Gasteiger partial charge in [0, 0.05) is 39.3 Å². The fourth-order valence-electron chi connectivity index (χ4n) is 3.61. The third-order valence-corrected chi connectivity index (χ3v) is 5.36.